The number of nitrogens with one attached hydrogen (secondary N) is 1. The summed E-state index contributed by atoms with van der Waals surface area (Å²) in [6, 6.07) is 31.5. The topological polar surface area (TPSA) is 104 Å². The van der Waals surface area contributed by atoms with Gasteiger partial charge in [0.05, 0.1) is 23.6 Å². The number of hydrogen-bond donors (Lipinski definition) is 2. The molecule has 0 unspecified atom stereocenters. The van der Waals surface area contributed by atoms with Crippen LogP contribution >= 0.6 is 0 Å². The smallest absolute Gasteiger partial charge is 0.337 e. The van der Waals surface area contributed by atoms with Crippen molar-refractivity contribution in [1.82, 2.24) is 10.0 Å². The second-order valence-corrected chi connectivity index (χ2v) is 10.1. The number of aromatic carboxylic acids is 1. The Morgan fingerprint density at radius 1 is 0.930 bits per heavy atom. The molecule has 3 aromatic carbocycles. The number of carboxylic acids is 1. The molecule has 0 aliphatic carbocycles. The third-order valence-electron chi connectivity index (χ3n) is 7.20. The van der Waals surface area contributed by atoms with Crippen molar-refractivity contribution in [2.45, 2.75) is 32.2 Å². The fourth-order valence-corrected chi connectivity index (χ4v) is 5.29. The number of benzene rings is 3. The number of aliphatic imine (C=N–C) groups is 1. The number of fused-ring (bicyclic) bond motifs is 1. The third-order valence-corrected chi connectivity index (χ3v) is 7.20. The number of amidine groups is 1. The molecule has 0 bridgehead atoms. The highest BCUT2D eigenvalue weighted by atomic mass is 16.7. The van der Waals surface area contributed by atoms with Crippen molar-refractivity contribution in [2.75, 3.05) is 18.5 Å². The summed E-state index contributed by atoms with van der Waals surface area (Å²) < 4.78 is 0. The van der Waals surface area contributed by atoms with E-state index in [-0.39, 0.29) is 17.9 Å². The van der Waals surface area contributed by atoms with Crippen molar-refractivity contribution in [3.05, 3.63) is 137 Å². The van der Waals surface area contributed by atoms with Gasteiger partial charge in [0.25, 0.3) is 5.91 Å². The maximum Gasteiger partial charge on any atom is 0.337 e. The summed E-state index contributed by atoms with van der Waals surface area (Å²) in [5.74, 6) is -0.912. The Morgan fingerprint density at radius 2 is 1.49 bits per heavy atom. The van der Waals surface area contributed by atoms with Crippen LogP contribution in [0.2, 0.25) is 0 Å². The molecule has 0 atom stereocenters. The zero-order valence-corrected chi connectivity index (χ0v) is 24.2. The second kappa shape index (κ2) is 13.3. The summed E-state index contributed by atoms with van der Waals surface area (Å²) in [6.45, 7) is 4.58. The van der Waals surface area contributed by atoms with Gasteiger partial charge in [-0.2, -0.15) is 0 Å². The predicted molar refractivity (Wildman–Crippen MR) is 168 cm³/mol. The number of anilines is 1. The van der Waals surface area contributed by atoms with E-state index in [2.05, 4.69) is 10.3 Å². The Bertz CT molecular complexity index is 1530. The predicted octanol–water partition coefficient (Wildman–Crippen LogP) is 6.56. The quantitative estimate of drug-likeness (QED) is 0.164. The molecule has 0 fully saturated rings. The molecule has 2 N–H and O–H groups in total. The van der Waals surface area contributed by atoms with Crippen LogP contribution in [0.5, 0.6) is 0 Å². The number of amides is 1. The van der Waals surface area contributed by atoms with Gasteiger partial charge in [-0.1, -0.05) is 97.9 Å². The first-order valence-corrected chi connectivity index (χ1v) is 14.4. The van der Waals surface area contributed by atoms with Crippen LogP contribution in [0, 0.1) is 0 Å². The summed E-state index contributed by atoms with van der Waals surface area (Å²) >= 11 is 0. The molecular weight excluding hydrogens is 540 g/mol. The highest BCUT2D eigenvalue weighted by Crippen LogP contribution is 2.41. The minimum absolute atomic E-state index is 0.0242. The molecule has 0 spiro atoms. The molecule has 1 amide bonds. The molecule has 2 heterocycles. The zero-order valence-electron chi connectivity index (χ0n) is 24.2. The van der Waals surface area contributed by atoms with E-state index >= 15 is 0 Å². The molecule has 218 valence electrons. The van der Waals surface area contributed by atoms with Crippen LogP contribution in [0.3, 0.4) is 0 Å². The lowest BCUT2D eigenvalue weighted by Gasteiger charge is -2.33. The Kier molecular flexibility index (Phi) is 9.08. The molecule has 0 saturated heterocycles. The molecule has 1 aliphatic heterocycles. The van der Waals surface area contributed by atoms with Gasteiger partial charge in [0, 0.05) is 24.7 Å². The van der Waals surface area contributed by atoms with Crippen molar-refractivity contribution in [3.63, 3.8) is 0 Å². The van der Waals surface area contributed by atoms with E-state index in [0.29, 0.717) is 42.4 Å². The maximum atomic E-state index is 13.9. The van der Waals surface area contributed by atoms with E-state index in [9.17, 15) is 14.7 Å². The first kappa shape index (κ1) is 29.4. The van der Waals surface area contributed by atoms with E-state index in [1.807, 2.05) is 105 Å². The van der Waals surface area contributed by atoms with Crippen LogP contribution in [-0.2, 0) is 15.2 Å². The van der Waals surface area contributed by atoms with Gasteiger partial charge in [0.15, 0.2) is 0 Å². The molecule has 4 aromatic rings. The number of hydrogen-bond acceptors (Lipinski definition) is 5. The summed E-state index contributed by atoms with van der Waals surface area (Å²) in [5.41, 5.74) is 3.14. The van der Waals surface area contributed by atoms with E-state index < -0.39 is 11.5 Å². The first-order valence-electron chi connectivity index (χ1n) is 14.4. The van der Waals surface area contributed by atoms with Crippen LogP contribution < -0.4 is 5.32 Å². The van der Waals surface area contributed by atoms with Crippen LogP contribution in [-0.4, -0.2) is 46.0 Å². The van der Waals surface area contributed by atoms with E-state index in [4.69, 9.17) is 9.83 Å². The number of aromatic nitrogens is 1. The fourth-order valence-electron chi connectivity index (χ4n) is 5.29. The van der Waals surface area contributed by atoms with Gasteiger partial charge in [-0.05, 0) is 42.2 Å². The van der Waals surface area contributed by atoms with Crippen molar-refractivity contribution >= 4 is 29.5 Å². The lowest BCUT2D eigenvalue weighted by atomic mass is 9.77. The average Bonchev–Trinajstić information content (AvgIpc) is 3.23. The number of nitrogens with zero attached hydrogens (tertiary/aromatic N) is 3. The van der Waals surface area contributed by atoms with Gasteiger partial charge in [0.1, 0.15) is 11.4 Å². The number of carboxylic acid groups (broad SMARTS) is 1. The molecule has 1 aliphatic rings. The van der Waals surface area contributed by atoms with E-state index in [0.717, 1.165) is 16.7 Å². The third kappa shape index (κ3) is 6.24. The number of rotatable bonds is 10. The summed E-state index contributed by atoms with van der Waals surface area (Å²) in [6.07, 6.45) is 3.83. The van der Waals surface area contributed by atoms with Gasteiger partial charge in [0.2, 0.25) is 0 Å². The fraction of sp³-hybridized carbons (Fsp3) is 0.200. The lowest BCUT2D eigenvalue weighted by molar-refractivity contribution is -0.180. The van der Waals surface area contributed by atoms with E-state index in [1.54, 1.807) is 6.08 Å². The molecule has 0 radical (unpaired) electrons. The molecule has 1 aromatic heterocycles. The van der Waals surface area contributed by atoms with Crippen molar-refractivity contribution in [1.29, 1.82) is 0 Å². The Hall–Kier alpha value is -5.08. The monoisotopic (exact) mass is 574 g/mol. The molecular formula is C35H34N4O4. The zero-order chi connectivity index (χ0) is 30.2. The van der Waals surface area contributed by atoms with E-state index in [1.165, 1.54) is 17.3 Å². The standard InChI is InChI=1S/C35H34N4O4/c1-3-20-39(43-4-2)33(40)25-21-30-31(22-26(24-36-30)34(41)42)37-32(23-25)38-35(27-14-8-5-9-15-27,28-16-10-6-11-17-28)29-18-12-7-13-19-29/h5-19,21-22,24H,3-4,20,23H2,1-2H3,(H,37,38)(H,41,42). The Morgan fingerprint density at radius 3 is 1.98 bits per heavy atom. The van der Waals surface area contributed by atoms with Gasteiger partial charge in [-0.3, -0.25) is 19.6 Å². The number of carbonyl (C=O) groups is 2. The minimum Gasteiger partial charge on any atom is -0.478 e. The molecule has 5 rings (SSSR count). The van der Waals surface area contributed by atoms with Gasteiger partial charge in [-0.15, -0.1) is 0 Å². The largest absolute Gasteiger partial charge is 0.478 e. The van der Waals surface area contributed by atoms with Gasteiger partial charge in [-0.25, -0.2) is 9.86 Å². The Labute approximate surface area is 251 Å². The summed E-state index contributed by atoms with van der Waals surface area (Å²) in [5, 5.41) is 14.4. The summed E-state index contributed by atoms with van der Waals surface area (Å²) in [4.78, 5) is 41.3. The first-order chi connectivity index (χ1) is 21.0. The van der Waals surface area contributed by atoms with Crippen molar-refractivity contribution < 1.29 is 19.5 Å². The SMILES string of the molecule is CCCN(OCC)C(=O)C1=Cc2ncc(C(=O)O)cc2NC(=NC(c2ccccc2)(c2ccccc2)c2ccccc2)C1. The normalized spacial score (nSPS) is 13.8. The highest BCUT2D eigenvalue weighted by Gasteiger charge is 2.37. The van der Waals surface area contributed by atoms with Gasteiger partial charge < -0.3 is 10.4 Å². The molecule has 8 heteroatoms. The van der Waals surface area contributed by atoms with Crippen LogP contribution in [0.1, 0.15) is 59.4 Å². The molecule has 43 heavy (non-hydrogen) atoms. The Balaban J connectivity index is 1.76. The van der Waals surface area contributed by atoms with Crippen LogP contribution in [0.25, 0.3) is 6.08 Å². The van der Waals surface area contributed by atoms with Crippen LogP contribution in [0.15, 0.2) is 114 Å². The lowest BCUT2D eigenvalue weighted by Crippen LogP contribution is -2.34. The van der Waals surface area contributed by atoms with Crippen LogP contribution in [0.4, 0.5) is 5.69 Å². The second-order valence-electron chi connectivity index (χ2n) is 10.1. The number of carbonyl (C=O) groups excluding carboxylic acids is 1. The van der Waals surface area contributed by atoms with Crippen molar-refractivity contribution in [3.8, 4) is 0 Å². The average molecular weight is 575 g/mol. The number of pyridine rings is 1. The molecule has 8 nitrogen and oxygen atoms in total. The minimum atomic E-state index is -1.10. The molecule has 0 saturated carbocycles. The summed E-state index contributed by atoms with van der Waals surface area (Å²) in [7, 11) is 0. The maximum absolute atomic E-state index is 13.9. The number of hydroxylamine groups is 2. The highest BCUT2D eigenvalue weighted by molar-refractivity contribution is 6.10. The van der Waals surface area contributed by atoms with Gasteiger partial charge >= 0.3 is 5.97 Å². The van der Waals surface area contributed by atoms with Crippen molar-refractivity contribution in [2.24, 2.45) is 4.99 Å².